The number of rotatable bonds is 4. The van der Waals surface area contributed by atoms with E-state index in [2.05, 4.69) is 37.3 Å². The molecule has 5 nitrogen and oxygen atoms in total. The third-order valence-electron chi connectivity index (χ3n) is 4.10. The molecule has 21 heavy (non-hydrogen) atoms. The van der Waals surface area contributed by atoms with Crippen LogP contribution in [0.15, 0.2) is 6.07 Å². The molecule has 0 aliphatic carbocycles. The van der Waals surface area contributed by atoms with E-state index in [4.69, 9.17) is 11.6 Å². The molecule has 3 heterocycles. The molecule has 0 aromatic carbocycles. The first kappa shape index (κ1) is 14.9. The highest BCUT2D eigenvalue weighted by atomic mass is 35.5. The summed E-state index contributed by atoms with van der Waals surface area (Å²) in [6, 6.07) is 2.63. The van der Waals surface area contributed by atoms with Crippen molar-refractivity contribution in [1.82, 2.24) is 24.3 Å². The zero-order chi connectivity index (χ0) is 14.8. The third-order valence-corrected chi connectivity index (χ3v) is 5.08. The van der Waals surface area contributed by atoms with Gasteiger partial charge in [-0.05, 0) is 39.3 Å². The Morgan fingerprint density at radius 3 is 2.90 bits per heavy atom. The standard InChI is InChI=1S/C14H20ClN5S/c1-10-7-11(2)20(17-10)8-12-5-3-4-6-19(12)9-13-14(15)21-18-16-13/h7,12H,3-6,8-9H2,1-2H3/t12-/m0/s1. The van der Waals surface area contributed by atoms with E-state index >= 15 is 0 Å². The molecule has 0 unspecified atom stereocenters. The minimum Gasteiger partial charge on any atom is -0.293 e. The molecule has 1 fully saturated rings. The first-order valence-corrected chi connectivity index (χ1v) is 8.50. The van der Waals surface area contributed by atoms with Crippen molar-refractivity contribution >= 4 is 23.1 Å². The number of hydrogen-bond acceptors (Lipinski definition) is 5. The Labute approximate surface area is 134 Å². The van der Waals surface area contributed by atoms with E-state index < -0.39 is 0 Å². The molecule has 2 aromatic heterocycles. The van der Waals surface area contributed by atoms with Gasteiger partial charge < -0.3 is 0 Å². The Kier molecular flexibility index (Phi) is 4.57. The Balaban J connectivity index is 1.72. The fourth-order valence-electron chi connectivity index (χ4n) is 3.02. The second-order valence-electron chi connectivity index (χ2n) is 5.72. The average molecular weight is 326 g/mol. The van der Waals surface area contributed by atoms with E-state index in [1.54, 1.807) is 0 Å². The number of aromatic nitrogens is 4. The normalized spacial score (nSPS) is 20.0. The molecule has 1 atom stereocenters. The van der Waals surface area contributed by atoms with Crippen LogP contribution in [0.2, 0.25) is 4.34 Å². The highest BCUT2D eigenvalue weighted by Gasteiger charge is 2.25. The van der Waals surface area contributed by atoms with Gasteiger partial charge in [-0.3, -0.25) is 9.58 Å². The van der Waals surface area contributed by atoms with E-state index in [9.17, 15) is 0 Å². The summed E-state index contributed by atoms with van der Waals surface area (Å²) in [5.74, 6) is 0. The fraction of sp³-hybridized carbons (Fsp3) is 0.643. The van der Waals surface area contributed by atoms with Crippen LogP contribution in [0.4, 0.5) is 0 Å². The van der Waals surface area contributed by atoms with Gasteiger partial charge in [-0.25, -0.2) is 0 Å². The maximum absolute atomic E-state index is 6.14. The van der Waals surface area contributed by atoms with Gasteiger partial charge in [0.05, 0.1) is 12.2 Å². The smallest absolute Gasteiger partial charge is 0.138 e. The first-order chi connectivity index (χ1) is 10.1. The van der Waals surface area contributed by atoms with E-state index in [0.717, 1.165) is 31.0 Å². The summed E-state index contributed by atoms with van der Waals surface area (Å²) in [5.41, 5.74) is 3.22. The van der Waals surface area contributed by atoms with Crippen molar-refractivity contribution in [2.24, 2.45) is 0 Å². The van der Waals surface area contributed by atoms with Crippen molar-refractivity contribution in [3.05, 3.63) is 27.5 Å². The number of aryl methyl sites for hydroxylation is 2. The first-order valence-electron chi connectivity index (χ1n) is 7.35. The molecule has 1 aliphatic heterocycles. The van der Waals surface area contributed by atoms with Gasteiger partial charge in [0.2, 0.25) is 0 Å². The van der Waals surface area contributed by atoms with Gasteiger partial charge in [0, 0.05) is 29.8 Å². The van der Waals surface area contributed by atoms with Crippen LogP contribution in [-0.4, -0.2) is 36.9 Å². The summed E-state index contributed by atoms with van der Waals surface area (Å²) in [6.07, 6.45) is 3.72. The van der Waals surface area contributed by atoms with Gasteiger partial charge in [-0.2, -0.15) is 5.10 Å². The van der Waals surface area contributed by atoms with Crippen molar-refractivity contribution in [2.75, 3.05) is 6.54 Å². The SMILES string of the molecule is Cc1cc(C)n(C[C@@H]2CCCCN2Cc2nnsc2Cl)n1. The van der Waals surface area contributed by atoms with E-state index in [1.165, 1.54) is 36.5 Å². The topological polar surface area (TPSA) is 46.8 Å². The molecule has 0 bridgehead atoms. The molecule has 0 radical (unpaired) electrons. The summed E-state index contributed by atoms with van der Waals surface area (Å²) in [5, 5.41) is 8.74. The monoisotopic (exact) mass is 325 g/mol. The minimum atomic E-state index is 0.495. The molecule has 0 saturated carbocycles. The molecule has 3 rings (SSSR count). The summed E-state index contributed by atoms with van der Waals surface area (Å²) >= 11 is 7.41. The van der Waals surface area contributed by atoms with Gasteiger partial charge in [-0.1, -0.05) is 22.5 Å². The van der Waals surface area contributed by atoms with Crippen molar-refractivity contribution in [2.45, 2.75) is 52.2 Å². The van der Waals surface area contributed by atoms with Gasteiger partial charge >= 0.3 is 0 Å². The second kappa shape index (κ2) is 6.42. The number of halogens is 1. The lowest BCUT2D eigenvalue weighted by Gasteiger charge is -2.35. The Morgan fingerprint density at radius 2 is 2.24 bits per heavy atom. The predicted octanol–water partition coefficient (Wildman–Crippen LogP) is 3.06. The highest BCUT2D eigenvalue weighted by molar-refractivity contribution is 7.10. The van der Waals surface area contributed by atoms with E-state index in [1.807, 2.05) is 6.92 Å². The zero-order valence-corrected chi connectivity index (χ0v) is 14.0. The quantitative estimate of drug-likeness (QED) is 0.866. The highest BCUT2D eigenvalue weighted by Crippen LogP contribution is 2.24. The molecule has 0 N–H and O–H groups in total. The molecule has 1 aliphatic rings. The number of likely N-dealkylation sites (tertiary alicyclic amines) is 1. The number of piperidine rings is 1. The lowest BCUT2D eigenvalue weighted by atomic mass is 10.0. The van der Waals surface area contributed by atoms with E-state index in [0.29, 0.717) is 10.4 Å². The lowest BCUT2D eigenvalue weighted by molar-refractivity contribution is 0.120. The fourth-order valence-corrected chi connectivity index (χ4v) is 3.63. The third kappa shape index (κ3) is 3.44. The minimum absolute atomic E-state index is 0.495. The van der Waals surface area contributed by atoms with Crippen LogP contribution in [0.25, 0.3) is 0 Å². The summed E-state index contributed by atoms with van der Waals surface area (Å²) in [6.45, 7) is 6.99. The van der Waals surface area contributed by atoms with Crippen LogP contribution in [0.5, 0.6) is 0 Å². The van der Waals surface area contributed by atoms with Crippen molar-refractivity contribution in [1.29, 1.82) is 0 Å². The van der Waals surface area contributed by atoms with Gasteiger partial charge in [0.25, 0.3) is 0 Å². The Morgan fingerprint density at radius 1 is 1.38 bits per heavy atom. The lowest BCUT2D eigenvalue weighted by Crippen LogP contribution is -2.42. The van der Waals surface area contributed by atoms with Gasteiger partial charge in [0.15, 0.2) is 0 Å². The molecule has 0 amide bonds. The summed E-state index contributed by atoms with van der Waals surface area (Å²) in [7, 11) is 0. The van der Waals surface area contributed by atoms with Crippen LogP contribution < -0.4 is 0 Å². The Hall–Kier alpha value is -0.980. The van der Waals surface area contributed by atoms with Crippen LogP contribution in [0.3, 0.4) is 0 Å². The second-order valence-corrected chi connectivity index (χ2v) is 7.08. The average Bonchev–Trinajstić information content (AvgIpc) is 2.99. The maximum Gasteiger partial charge on any atom is 0.138 e. The zero-order valence-electron chi connectivity index (χ0n) is 12.4. The van der Waals surface area contributed by atoms with Crippen molar-refractivity contribution in [3.63, 3.8) is 0 Å². The molecular formula is C14H20ClN5S. The number of nitrogens with zero attached hydrogens (tertiary/aromatic N) is 5. The molecule has 0 spiro atoms. The molecular weight excluding hydrogens is 306 g/mol. The van der Waals surface area contributed by atoms with Crippen LogP contribution >= 0.6 is 23.1 Å². The summed E-state index contributed by atoms with van der Waals surface area (Å²) in [4.78, 5) is 2.47. The molecule has 7 heteroatoms. The van der Waals surface area contributed by atoms with Gasteiger partial charge in [0.1, 0.15) is 10.0 Å². The van der Waals surface area contributed by atoms with Crippen molar-refractivity contribution < 1.29 is 0 Å². The summed E-state index contributed by atoms with van der Waals surface area (Å²) < 4.78 is 6.77. The maximum atomic E-state index is 6.14. The largest absolute Gasteiger partial charge is 0.293 e. The van der Waals surface area contributed by atoms with Gasteiger partial charge in [-0.15, -0.1) is 5.10 Å². The molecule has 1 saturated heterocycles. The Bertz CT molecular complexity index is 608. The predicted molar refractivity (Wildman–Crippen MR) is 84.7 cm³/mol. The van der Waals surface area contributed by atoms with Crippen LogP contribution in [-0.2, 0) is 13.1 Å². The molecule has 114 valence electrons. The molecule has 2 aromatic rings. The van der Waals surface area contributed by atoms with Crippen LogP contribution in [0.1, 0.15) is 36.3 Å². The van der Waals surface area contributed by atoms with Crippen LogP contribution in [0, 0.1) is 13.8 Å². The van der Waals surface area contributed by atoms with E-state index in [-0.39, 0.29) is 0 Å². The number of hydrogen-bond donors (Lipinski definition) is 0. The van der Waals surface area contributed by atoms with Crippen molar-refractivity contribution in [3.8, 4) is 0 Å².